The van der Waals surface area contributed by atoms with Crippen LogP contribution in [0.5, 0.6) is 11.5 Å². The van der Waals surface area contributed by atoms with Gasteiger partial charge in [-0.3, -0.25) is 14.3 Å². The predicted octanol–water partition coefficient (Wildman–Crippen LogP) is 1.59. The van der Waals surface area contributed by atoms with Gasteiger partial charge in [0.25, 0.3) is 11.8 Å². The molecule has 29 heavy (non-hydrogen) atoms. The number of amides is 2. The Kier molecular flexibility index (Phi) is 4.61. The van der Waals surface area contributed by atoms with E-state index >= 15 is 0 Å². The first-order valence-electron chi connectivity index (χ1n) is 10.2. The van der Waals surface area contributed by atoms with Crippen LogP contribution in [0, 0.1) is 0 Å². The first-order chi connectivity index (χ1) is 14.2. The van der Waals surface area contributed by atoms with Gasteiger partial charge < -0.3 is 19.3 Å². The van der Waals surface area contributed by atoms with Crippen LogP contribution in [0.2, 0.25) is 0 Å². The van der Waals surface area contributed by atoms with Gasteiger partial charge in [-0.25, -0.2) is 0 Å². The second-order valence-electron chi connectivity index (χ2n) is 7.62. The summed E-state index contributed by atoms with van der Waals surface area (Å²) in [7, 11) is 0. The molecule has 1 saturated heterocycles. The maximum absolute atomic E-state index is 13.0. The van der Waals surface area contributed by atoms with Crippen LogP contribution in [0.3, 0.4) is 0 Å². The van der Waals surface area contributed by atoms with Crippen LogP contribution in [0.1, 0.15) is 39.4 Å². The van der Waals surface area contributed by atoms with Crippen LogP contribution >= 0.6 is 0 Å². The summed E-state index contributed by atoms with van der Waals surface area (Å²) in [5, 5.41) is 4.49. The topological polar surface area (TPSA) is 76.9 Å². The third kappa shape index (κ3) is 3.32. The lowest BCUT2D eigenvalue weighted by Crippen LogP contribution is -2.50. The van der Waals surface area contributed by atoms with Crippen molar-refractivity contribution < 1.29 is 19.1 Å². The van der Waals surface area contributed by atoms with Crippen molar-refractivity contribution in [2.75, 3.05) is 39.4 Å². The number of ether oxygens (including phenoxy) is 2. The average molecular weight is 396 g/mol. The molecule has 0 spiro atoms. The van der Waals surface area contributed by atoms with Gasteiger partial charge in [-0.2, -0.15) is 5.10 Å². The lowest BCUT2D eigenvalue weighted by Gasteiger charge is -2.35. The number of piperazine rings is 1. The molecule has 2 aromatic rings. The van der Waals surface area contributed by atoms with Gasteiger partial charge in [0.1, 0.15) is 13.2 Å². The Labute approximate surface area is 169 Å². The van der Waals surface area contributed by atoms with Crippen LogP contribution in [-0.4, -0.2) is 70.8 Å². The Morgan fingerprint density at radius 2 is 1.66 bits per heavy atom. The van der Waals surface area contributed by atoms with E-state index in [1.807, 2.05) is 16.8 Å². The number of carbonyl (C=O) groups is 2. The molecule has 3 aliphatic heterocycles. The molecule has 5 rings (SSSR count). The van der Waals surface area contributed by atoms with Crippen molar-refractivity contribution in [3.63, 3.8) is 0 Å². The van der Waals surface area contributed by atoms with Gasteiger partial charge in [0.2, 0.25) is 0 Å². The molecule has 0 aliphatic carbocycles. The summed E-state index contributed by atoms with van der Waals surface area (Å²) < 4.78 is 13.2. The number of benzene rings is 1. The Morgan fingerprint density at radius 1 is 0.897 bits per heavy atom. The van der Waals surface area contributed by atoms with E-state index in [-0.39, 0.29) is 11.8 Å². The Morgan fingerprint density at radius 3 is 2.45 bits per heavy atom. The standard InChI is InChI=1S/C21H24N4O4/c26-20(16-5-3-6-18-19(16)29-13-12-28-18)23-8-10-24(11-9-23)21(27)17-14-15-4-1-2-7-25(15)22-17/h3,5-6,14H,1-2,4,7-13H2. The van der Waals surface area contributed by atoms with Crippen molar-refractivity contribution in [2.45, 2.75) is 25.8 Å². The molecular formula is C21H24N4O4. The van der Waals surface area contributed by atoms with Crippen LogP contribution < -0.4 is 9.47 Å². The van der Waals surface area contributed by atoms with E-state index in [9.17, 15) is 9.59 Å². The molecule has 1 fully saturated rings. The molecule has 4 heterocycles. The normalized spacial score (nSPS) is 18.3. The van der Waals surface area contributed by atoms with Crippen molar-refractivity contribution in [1.82, 2.24) is 19.6 Å². The molecule has 0 atom stereocenters. The summed E-state index contributed by atoms with van der Waals surface area (Å²) in [6.07, 6.45) is 3.24. The molecule has 2 amide bonds. The van der Waals surface area contributed by atoms with Crippen molar-refractivity contribution in [1.29, 1.82) is 0 Å². The van der Waals surface area contributed by atoms with Crippen LogP contribution in [0.4, 0.5) is 0 Å². The fraction of sp³-hybridized carbons (Fsp3) is 0.476. The number of aryl methyl sites for hydroxylation is 2. The average Bonchev–Trinajstić information content (AvgIpc) is 3.22. The van der Waals surface area contributed by atoms with Crippen LogP contribution in [0.25, 0.3) is 0 Å². The predicted molar refractivity (Wildman–Crippen MR) is 104 cm³/mol. The highest BCUT2D eigenvalue weighted by Gasteiger charge is 2.30. The van der Waals surface area contributed by atoms with Crippen LogP contribution in [0.15, 0.2) is 24.3 Å². The zero-order valence-electron chi connectivity index (χ0n) is 16.3. The van der Waals surface area contributed by atoms with Crippen molar-refractivity contribution in [3.8, 4) is 11.5 Å². The number of fused-ring (bicyclic) bond motifs is 2. The third-order valence-electron chi connectivity index (χ3n) is 5.79. The smallest absolute Gasteiger partial charge is 0.274 e. The van der Waals surface area contributed by atoms with E-state index in [2.05, 4.69) is 5.10 Å². The molecular weight excluding hydrogens is 372 g/mol. The van der Waals surface area contributed by atoms with Gasteiger partial charge in [-0.1, -0.05) is 6.07 Å². The minimum absolute atomic E-state index is 0.0483. The Bertz CT molecular complexity index is 923. The first-order valence-corrected chi connectivity index (χ1v) is 10.2. The quantitative estimate of drug-likeness (QED) is 0.771. The number of rotatable bonds is 2. The number of nitrogens with zero attached hydrogens (tertiary/aromatic N) is 4. The maximum Gasteiger partial charge on any atom is 0.274 e. The summed E-state index contributed by atoms with van der Waals surface area (Å²) in [6.45, 7) is 3.79. The van der Waals surface area contributed by atoms with Gasteiger partial charge in [0, 0.05) is 38.4 Å². The molecule has 1 aromatic heterocycles. The molecule has 0 bridgehead atoms. The van der Waals surface area contributed by atoms with Crippen LogP contribution in [-0.2, 0) is 13.0 Å². The monoisotopic (exact) mass is 396 g/mol. The molecule has 8 nitrogen and oxygen atoms in total. The van der Waals surface area contributed by atoms with Gasteiger partial charge in [0.15, 0.2) is 17.2 Å². The molecule has 8 heteroatoms. The van der Waals surface area contributed by atoms with E-state index in [1.165, 1.54) is 0 Å². The van der Waals surface area contributed by atoms with Gasteiger partial charge in [0.05, 0.1) is 5.56 Å². The first kappa shape index (κ1) is 18.0. The highest BCUT2D eigenvalue weighted by Crippen LogP contribution is 2.34. The summed E-state index contributed by atoms with van der Waals surface area (Å²) >= 11 is 0. The number of hydrogen-bond acceptors (Lipinski definition) is 5. The third-order valence-corrected chi connectivity index (χ3v) is 5.79. The molecule has 3 aliphatic rings. The summed E-state index contributed by atoms with van der Waals surface area (Å²) in [6, 6.07) is 7.31. The van der Waals surface area contributed by atoms with E-state index in [0.717, 1.165) is 31.5 Å². The number of aromatic nitrogens is 2. The zero-order chi connectivity index (χ0) is 19.8. The van der Waals surface area contributed by atoms with E-state index in [0.29, 0.717) is 62.1 Å². The number of para-hydroxylation sites is 1. The minimum atomic E-state index is -0.0862. The lowest BCUT2D eigenvalue weighted by molar-refractivity contribution is 0.0527. The fourth-order valence-electron chi connectivity index (χ4n) is 4.21. The van der Waals surface area contributed by atoms with Crippen molar-refractivity contribution >= 4 is 11.8 Å². The largest absolute Gasteiger partial charge is 0.486 e. The van der Waals surface area contributed by atoms with E-state index < -0.39 is 0 Å². The molecule has 0 saturated carbocycles. The number of hydrogen-bond donors (Lipinski definition) is 0. The summed E-state index contributed by atoms with van der Waals surface area (Å²) in [5.41, 5.74) is 2.18. The van der Waals surface area contributed by atoms with E-state index in [4.69, 9.17) is 9.47 Å². The molecule has 0 N–H and O–H groups in total. The molecule has 1 aromatic carbocycles. The SMILES string of the molecule is O=C(c1cc2n(n1)CCCC2)N1CCN(C(=O)c2cccc3c2OCCO3)CC1. The highest BCUT2D eigenvalue weighted by molar-refractivity contribution is 5.98. The second kappa shape index (κ2) is 7.42. The second-order valence-corrected chi connectivity index (χ2v) is 7.62. The van der Waals surface area contributed by atoms with Crippen molar-refractivity contribution in [2.24, 2.45) is 0 Å². The molecule has 152 valence electrons. The minimum Gasteiger partial charge on any atom is -0.486 e. The molecule has 0 radical (unpaired) electrons. The lowest BCUT2D eigenvalue weighted by atomic mass is 10.1. The van der Waals surface area contributed by atoms with E-state index in [1.54, 1.807) is 21.9 Å². The zero-order valence-corrected chi connectivity index (χ0v) is 16.3. The summed E-state index contributed by atoms with van der Waals surface area (Å²) in [5.74, 6) is 0.996. The Hall–Kier alpha value is -3.03. The highest BCUT2D eigenvalue weighted by atomic mass is 16.6. The van der Waals surface area contributed by atoms with Gasteiger partial charge >= 0.3 is 0 Å². The molecule has 0 unspecified atom stereocenters. The summed E-state index contributed by atoms with van der Waals surface area (Å²) in [4.78, 5) is 29.5. The fourth-order valence-corrected chi connectivity index (χ4v) is 4.21. The van der Waals surface area contributed by atoms with Crippen molar-refractivity contribution in [3.05, 3.63) is 41.2 Å². The number of carbonyl (C=O) groups excluding carboxylic acids is 2. The maximum atomic E-state index is 13.0. The Balaban J connectivity index is 1.25. The van der Waals surface area contributed by atoms with Gasteiger partial charge in [-0.15, -0.1) is 0 Å². The van der Waals surface area contributed by atoms with Gasteiger partial charge in [-0.05, 0) is 37.5 Å².